The largest absolute Gasteiger partial charge is 0.315 e. The average Bonchev–Trinajstić information content (AvgIpc) is 3.00. The van der Waals surface area contributed by atoms with Crippen molar-refractivity contribution < 1.29 is 0 Å². The molecule has 0 saturated carbocycles. The van der Waals surface area contributed by atoms with Gasteiger partial charge < -0.3 is 5.32 Å². The summed E-state index contributed by atoms with van der Waals surface area (Å²) in [5.41, 5.74) is 1.61. The molecule has 1 aliphatic heterocycles. The zero-order valence-electron chi connectivity index (χ0n) is 12.5. The number of nitrogens with zero attached hydrogens (tertiary/aromatic N) is 2. The number of hydrogen-bond acceptors (Lipinski definition) is 3. The maximum atomic E-state index is 4.11. The maximum absolute atomic E-state index is 4.11. The maximum Gasteiger partial charge on any atom is 0.0334 e. The highest BCUT2D eigenvalue weighted by molar-refractivity contribution is 5.14. The van der Waals surface area contributed by atoms with Gasteiger partial charge in [-0.15, -0.1) is 0 Å². The van der Waals surface area contributed by atoms with E-state index in [4.69, 9.17) is 0 Å². The third kappa shape index (κ3) is 3.15. The fourth-order valence-electron chi connectivity index (χ4n) is 3.31. The van der Waals surface area contributed by atoms with Gasteiger partial charge in [0.15, 0.2) is 0 Å². The topological polar surface area (TPSA) is 28.2 Å². The molecule has 1 aromatic heterocycles. The van der Waals surface area contributed by atoms with Gasteiger partial charge in [-0.2, -0.15) is 0 Å². The van der Waals surface area contributed by atoms with E-state index < -0.39 is 0 Å². The van der Waals surface area contributed by atoms with Gasteiger partial charge in [0.25, 0.3) is 0 Å². The third-order valence-electron chi connectivity index (χ3n) is 4.83. The Balaban J connectivity index is 2.13. The minimum Gasteiger partial charge on any atom is -0.315 e. The van der Waals surface area contributed by atoms with Crippen LogP contribution in [-0.4, -0.2) is 41.6 Å². The molecular formula is C16H27N3. The second-order valence-corrected chi connectivity index (χ2v) is 5.81. The van der Waals surface area contributed by atoms with E-state index in [9.17, 15) is 0 Å². The van der Waals surface area contributed by atoms with Gasteiger partial charge in [0.05, 0.1) is 0 Å². The molecule has 106 valence electrons. The van der Waals surface area contributed by atoms with Crippen LogP contribution in [0.4, 0.5) is 0 Å². The first-order chi connectivity index (χ1) is 9.20. The molecule has 1 N–H and O–H groups in total. The Morgan fingerprint density at radius 1 is 1.32 bits per heavy atom. The van der Waals surface area contributed by atoms with E-state index in [1.165, 1.54) is 37.9 Å². The van der Waals surface area contributed by atoms with Gasteiger partial charge in [0.1, 0.15) is 0 Å². The van der Waals surface area contributed by atoms with E-state index in [1.54, 1.807) is 0 Å². The first kappa shape index (κ1) is 14.5. The second kappa shape index (κ2) is 6.49. The average molecular weight is 261 g/mol. The Morgan fingerprint density at radius 3 is 2.47 bits per heavy atom. The van der Waals surface area contributed by atoms with E-state index in [0.29, 0.717) is 6.04 Å². The van der Waals surface area contributed by atoms with Gasteiger partial charge in [-0.3, -0.25) is 9.88 Å². The molecule has 1 aromatic rings. The molecule has 3 nitrogen and oxygen atoms in total. The molecule has 2 heterocycles. The van der Waals surface area contributed by atoms with Crippen molar-refractivity contribution in [1.82, 2.24) is 15.2 Å². The highest BCUT2D eigenvalue weighted by Crippen LogP contribution is 2.29. The zero-order valence-corrected chi connectivity index (χ0v) is 12.5. The summed E-state index contributed by atoms with van der Waals surface area (Å²) in [4.78, 5) is 6.78. The Kier molecular flexibility index (Phi) is 4.94. The molecule has 1 saturated heterocycles. The summed E-state index contributed by atoms with van der Waals surface area (Å²) < 4.78 is 0. The van der Waals surface area contributed by atoms with Crippen LogP contribution in [0.5, 0.6) is 0 Å². The van der Waals surface area contributed by atoms with Gasteiger partial charge >= 0.3 is 0 Å². The second-order valence-electron chi connectivity index (χ2n) is 5.81. The van der Waals surface area contributed by atoms with Crippen LogP contribution in [0.3, 0.4) is 0 Å². The standard InChI is InChI=1S/C16H27N3/c1-4-16(2,19-11-5-6-12-19)15(17-3)13-14-7-9-18-10-8-14/h7-10,15,17H,4-6,11-13H2,1-3H3. The molecule has 0 aliphatic carbocycles. The lowest BCUT2D eigenvalue weighted by Gasteiger charge is -2.44. The Morgan fingerprint density at radius 2 is 1.95 bits per heavy atom. The van der Waals surface area contributed by atoms with Crippen molar-refractivity contribution in [3.63, 3.8) is 0 Å². The van der Waals surface area contributed by atoms with Crippen LogP contribution in [0, 0.1) is 0 Å². The van der Waals surface area contributed by atoms with Gasteiger partial charge in [0.2, 0.25) is 0 Å². The molecule has 0 radical (unpaired) electrons. The normalized spacial score (nSPS) is 21.2. The van der Waals surface area contributed by atoms with Crippen LogP contribution in [0.1, 0.15) is 38.7 Å². The molecule has 0 spiro atoms. The van der Waals surface area contributed by atoms with Gasteiger partial charge in [-0.1, -0.05) is 6.92 Å². The Hall–Kier alpha value is -0.930. The first-order valence-electron chi connectivity index (χ1n) is 7.52. The van der Waals surface area contributed by atoms with E-state index >= 15 is 0 Å². The van der Waals surface area contributed by atoms with Crippen LogP contribution < -0.4 is 5.32 Å². The molecule has 2 rings (SSSR count). The number of hydrogen-bond donors (Lipinski definition) is 1. The number of pyridine rings is 1. The van der Waals surface area contributed by atoms with Crippen LogP contribution >= 0.6 is 0 Å². The SMILES string of the molecule is CCC(C)(C(Cc1ccncc1)NC)N1CCCC1. The van der Waals surface area contributed by atoms with Gasteiger partial charge in [0, 0.05) is 24.0 Å². The van der Waals surface area contributed by atoms with Crippen LogP contribution in [0.25, 0.3) is 0 Å². The summed E-state index contributed by atoms with van der Waals surface area (Å²) in [7, 11) is 2.09. The number of nitrogens with one attached hydrogen (secondary N) is 1. The molecule has 19 heavy (non-hydrogen) atoms. The summed E-state index contributed by atoms with van der Waals surface area (Å²) in [5.74, 6) is 0. The molecule has 0 amide bonds. The molecule has 2 unspecified atom stereocenters. The molecule has 3 heteroatoms. The minimum atomic E-state index is 0.245. The third-order valence-corrected chi connectivity index (χ3v) is 4.83. The van der Waals surface area contributed by atoms with Crippen molar-refractivity contribution in [2.24, 2.45) is 0 Å². The van der Waals surface area contributed by atoms with Crippen molar-refractivity contribution in [2.45, 2.75) is 51.1 Å². The summed E-state index contributed by atoms with van der Waals surface area (Å²) in [5, 5.41) is 3.56. The lowest BCUT2D eigenvalue weighted by molar-refractivity contribution is 0.0873. The zero-order chi connectivity index (χ0) is 13.7. The van der Waals surface area contributed by atoms with Crippen molar-refractivity contribution in [1.29, 1.82) is 0 Å². The molecular weight excluding hydrogens is 234 g/mol. The number of aromatic nitrogens is 1. The number of likely N-dealkylation sites (N-methyl/N-ethyl adjacent to an activating group) is 1. The monoisotopic (exact) mass is 261 g/mol. The minimum absolute atomic E-state index is 0.245. The highest BCUT2D eigenvalue weighted by Gasteiger charge is 2.38. The molecule has 0 aromatic carbocycles. The van der Waals surface area contributed by atoms with Crippen LogP contribution in [0.15, 0.2) is 24.5 Å². The number of likely N-dealkylation sites (tertiary alicyclic amines) is 1. The predicted molar refractivity (Wildman–Crippen MR) is 80.3 cm³/mol. The highest BCUT2D eigenvalue weighted by atomic mass is 15.2. The van der Waals surface area contributed by atoms with Gasteiger partial charge in [-0.25, -0.2) is 0 Å². The van der Waals surface area contributed by atoms with Crippen molar-refractivity contribution in [3.8, 4) is 0 Å². The predicted octanol–water partition coefficient (Wildman–Crippen LogP) is 2.48. The van der Waals surface area contributed by atoms with E-state index in [2.05, 4.69) is 48.2 Å². The molecule has 2 atom stereocenters. The summed E-state index contributed by atoms with van der Waals surface area (Å²) in [6.07, 6.45) is 8.73. The lowest BCUT2D eigenvalue weighted by atomic mass is 9.84. The fourth-order valence-corrected chi connectivity index (χ4v) is 3.31. The summed E-state index contributed by atoms with van der Waals surface area (Å²) >= 11 is 0. The Labute approximate surface area is 117 Å². The van der Waals surface area contributed by atoms with Crippen molar-refractivity contribution in [3.05, 3.63) is 30.1 Å². The molecule has 0 bridgehead atoms. The van der Waals surface area contributed by atoms with E-state index in [-0.39, 0.29) is 5.54 Å². The van der Waals surface area contributed by atoms with Gasteiger partial charge in [-0.05, 0) is 70.4 Å². The lowest BCUT2D eigenvalue weighted by Crippen LogP contribution is -2.58. The van der Waals surface area contributed by atoms with Crippen molar-refractivity contribution >= 4 is 0 Å². The summed E-state index contributed by atoms with van der Waals surface area (Å²) in [6, 6.07) is 4.74. The first-order valence-corrected chi connectivity index (χ1v) is 7.52. The number of rotatable bonds is 6. The molecule has 1 fully saturated rings. The summed E-state index contributed by atoms with van der Waals surface area (Å²) in [6.45, 7) is 7.23. The Bertz CT molecular complexity index is 373. The van der Waals surface area contributed by atoms with Crippen molar-refractivity contribution in [2.75, 3.05) is 20.1 Å². The fraction of sp³-hybridized carbons (Fsp3) is 0.688. The quantitative estimate of drug-likeness (QED) is 0.852. The van der Waals surface area contributed by atoms with Crippen LogP contribution in [-0.2, 0) is 6.42 Å². The molecule has 1 aliphatic rings. The van der Waals surface area contributed by atoms with E-state index in [0.717, 1.165) is 6.42 Å². The van der Waals surface area contributed by atoms with Crippen LogP contribution in [0.2, 0.25) is 0 Å². The smallest absolute Gasteiger partial charge is 0.0334 e. The van der Waals surface area contributed by atoms with E-state index in [1.807, 2.05) is 12.4 Å².